The molecule has 96 valence electrons. The van der Waals surface area contributed by atoms with Gasteiger partial charge in [-0.15, -0.1) is 4.91 Å². The number of nitrogens with two attached hydrogens (primary N) is 1. The normalized spacial score (nSPS) is 21.0. The number of nitrogen functional groups attached to an aromatic ring is 1. The highest BCUT2D eigenvalue weighted by molar-refractivity contribution is 6.62. The lowest BCUT2D eigenvalue weighted by Gasteiger charge is -2.32. The molecule has 1 aromatic carbocycles. The summed E-state index contributed by atoms with van der Waals surface area (Å²) >= 11 is 0. The van der Waals surface area contributed by atoms with Crippen molar-refractivity contribution in [2.45, 2.75) is 38.9 Å². The maximum atomic E-state index is 10.6. The van der Waals surface area contributed by atoms with Gasteiger partial charge in [-0.05, 0) is 50.5 Å². The van der Waals surface area contributed by atoms with E-state index in [9.17, 15) is 4.91 Å². The maximum Gasteiger partial charge on any atom is 0.494 e. The zero-order valence-corrected chi connectivity index (χ0v) is 11.1. The third kappa shape index (κ3) is 2.02. The molecule has 18 heavy (non-hydrogen) atoms. The molecule has 0 amide bonds. The minimum atomic E-state index is -0.504. The van der Waals surface area contributed by atoms with Crippen LogP contribution < -0.4 is 11.2 Å². The summed E-state index contributed by atoms with van der Waals surface area (Å²) in [5, 5.41) is 2.89. The Labute approximate surface area is 107 Å². The quantitative estimate of drug-likeness (QED) is 0.493. The van der Waals surface area contributed by atoms with E-state index >= 15 is 0 Å². The van der Waals surface area contributed by atoms with E-state index in [-0.39, 0.29) is 5.69 Å². The Bertz CT molecular complexity index is 472. The van der Waals surface area contributed by atoms with Gasteiger partial charge in [0.15, 0.2) is 0 Å². The second kappa shape index (κ2) is 4.07. The zero-order valence-electron chi connectivity index (χ0n) is 11.1. The van der Waals surface area contributed by atoms with E-state index in [1.54, 1.807) is 18.2 Å². The molecule has 0 atom stereocenters. The molecular weight excluding hydrogens is 231 g/mol. The highest BCUT2D eigenvalue weighted by atomic mass is 16.7. The number of benzene rings is 1. The Morgan fingerprint density at radius 2 is 1.72 bits per heavy atom. The summed E-state index contributed by atoms with van der Waals surface area (Å²) in [6, 6.07) is 5.02. The third-order valence-corrected chi connectivity index (χ3v) is 3.68. The van der Waals surface area contributed by atoms with E-state index < -0.39 is 18.3 Å². The fraction of sp³-hybridized carbons (Fsp3) is 0.500. The van der Waals surface area contributed by atoms with Crippen LogP contribution in [0.3, 0.4) is 0 Å². The maximum absolute atomic E-state index is 10.6. The van der Waals surface area contributed by atoms with Crippen LogP contribution in [0, 0.1) is 4.91 Å². The average Bonchev–Trinajstić information content (AvgIpc) is 2.49. The summed E-state index contributed by atoms with van der Waals surface area (Å²) in [7, 11) is -0.504. The van der Waals surface area contributed by atoms with Gasteiger partial charge in [0.1, 0.15) is 5.69 Å². The van der Waals surface area contributed by atoms with Crippen LogP contribution in [0.15, 0.2) is 23.4 Å². The van der Waals surface area contributed by atoms with Crippen molar-refractivity contribution in [1.29, 1.82) is 0 Å². The van der Waals surface area contributed by atoms with Gasteiger partial charge in [0.2, 0.25) is 0 Å². The molecule has 0 bridgehead atoms. The molecule has 0 spiro atoms. The Hall–Kier alpha value is -1.40. The first-order valence-electron chi connectivity index (χ1n) is 5.85. The van der Waals surface area contributed by atoms with Crippen molar-refractivity contribution in [3.8, 4) is 0 Å². The first-order valence-corrected chi connectivity index (χ1v) is 5.85. The molecule has 1 fully saturated rings. The van der Waals surface area contributed by atoms with Crippen LogP contribution in [0.2, 0.25) is 0 Å². The fourth-order valence-electron chi connectivity index (χ4n) is 1.77. The van der Waals surface area contributed by atoms with Crippen LogP contribution >= 0.6 is 0 Å². The predicted molar refractivity (Wildman–Crippen MR) is 72.0 cm³/mol. The molecule has 5 nitrogen and oxygen atoms in total. The SMILES string of the molecule is CC1(C)OB(c2ccc(N)c(N=O)c2)OC1(C)C. The number of rotatable bonds is 2. The van der Waals surface area contributed by atoms with E-state index in [0.717, 1.165) is 5.46 Å². The Kier molecular flexibility index (Phi) is 2.95. The Balaban J connectivity index is 2.32. The molecule has 6 heteroatoms. The van der Waals surface area contributed by atoms with Crippen molar-refractivity contribution < 1.29 is 9.31 Å². The number of hydrogen-bond acceptors (Lipinski definition) is 5. The molecular formula is C12H17BN2O3. The van der Waals surface area contributed by atoms with Crippen LogP contribution in [-0.4, -0.2) is 18.3 Å². The summed E-state index contributed by atoms with van der Waals surface area (Å²) in [6.07, 6.45) is 0. The van der Waals surface area contributed by atoms with Crippen molar-refractivity contribution in [2.24, 2.45) is 5.18 Å². The summed E-state index contributed by atoms with van der Waals surface area (Å²) in [5.74, 6) is 0. The fourth-order valence-corrected chi connectivity index (χ4v) is 1.77. The van der Waals surface area contributed by atoms with Gasteiger partial charge in [0.25, 0.3) is 0 Å². The van der Waals surface area contributed by atoms with Gasteiger partial charge in [0, 0.05) is 0 Å². The summed E-state index contributed by atoms with van der Waals surface area (Å²) in [5.41, 5.74) is 6.12. The molecule has 0 aliphatic carbocycles. The van der Waals surface area contributed by atoms with Crippen molar-refractivity contribution in [1.82, 2.24) is 0 Å². The summed E-state index contributed by atoms with van der Waals surface area (Å²) in [4.78, 5) is 10.6. The number of nitroso groups, excluding NO2 is 1. The van der Waals surface area contributed by atoms with Crippen molar-refractivity contribution in [2.75, 3.05) is 5.73 Å². The van der Waals surface area contributed by atoms with Gasteiger partial charge in [-0.1, -0.05) is 6.07 Å². The van der Waals surface area contributed by atoms with E-state index in [4.69, 9.17) is 15.0 Å². The average molecular weight is 248 g/mol. The Morgan fingerprint density at radius 1 is 1.17 bits per heavy atom. The lowest BCUT2D eigenvalue weighted by molar-refractivity contribution is 0.00578. The molecule has 2 rings (SSSR count). The van der Waals surface area contributed by atoms with Crippen LogP contribution in [0.1, 0.15) is 27.7 Å². The molecule has 0 saturated carbocycles. The van der Waals surface area contributed by atoms with E-state index in [1.807, 2.05) is 27.7 Å². The zero-order chi connectivity index (χ0) is 13.6. The standard InChI is InChI=1S/C12H17BN2O3/c1-11(2)12(3,4)18-13(17-11)8-5-6-9(14)10(7-8)15-16/h5-7H,14H2,1-4H3. The highest BCUT2D eigenvalue weighted by Gasteiger charge is 2.51. The minimum Gasteiger partial charge on any atom is -0.399 e. The summed E-state index contributed by atoms with van der Waals surface area (Å²) in [6.45, 7) is 7.90. The van der Waals surface area contributed by atoms with Gasteiger partial charge >= 0.3 is 7.12 Å². The lowest BCUT2D eigenvalue weighted by atomic mass is 9.79. The largest absolute Gasteiger partial charge is 0.494 e. The minimum absolute atomic E-state index is 0.210. The van der Waals surface area contributed by atoms with Gasteiger partial charge in [-0.3, -0.25) is 0 Å². The van der Waals surface area contributed by atoms with Crippen molar-refractivity contribution in [3.05, 3.63) is 23.1 Å². The van der Waals surface area contributed by atoms with Gasteiger partial charge in [-0.2, -0.15) is 0 Å². The van der Waals surface area contributed by atoms with Crippen molar-refractivity contribution >= 4 is 24.0 Å². The molecule has 1 aliphatic rings. The predicted octanol–water partition coefficient (Wildman–Crippen LogP) is 1.97. The van der Waals surface area contributed by atoms with E-state index in [1.165, 1.54) is 0 Å². The Morgan fingerprint density at radius 3 is 2.22 bits per heavy atom. The van der Waals surface area contributed by atoms with Gasteiger partial charge in [-0.25, -0.2) is 0 Å². The van der Waals surface area contributed by atoms with Gasteiger partial charge < -0.3 is 15.0 Å². The lowest BCUT2D eigenvalue weighted by Crippen LogP contribution is -2.41. The highest BCUT2D eigenvalue weighted by Crippen LogP contribution is 2.36. The topological polar surface area (TPSA) is 73.9 Å². The molecule has 0 unspecified atom stereocenters. The molecule has 2 N–H and O–H groups in total. The monoisotopic (exact) mass is 248 g/mol. The molecule has 0 radical (unpaired) electrons. The smallest absolute Gasteiger partial charge is 0.399 e. The number of anilines is 1. The number of hydrogen-bond donors (Lipinski definition) is 1. The number of nitrogens with zero attached hydrogens (tertiary/aromatic N) is 1. The first-order chi connectivity index (χ1) is 8.27. The van der Waals surface area contributed by atoms with Crippen molar-refractivity contribution in [3.63, 3.8) is 0 Å². The van der Waals surface area contributed by atoms with Crippen LogP contribution in [0.4, 0.5) is 11.4 Å². The second-order valence-electron chi connectivity index (χ2n) is 5.50. The van der Waals surface area contributed by atoms with E-state index in [2.05, 4.69) is 5.18 Å². The summed E-state index contributed by atoms with van der Waals surface area (Å²) < 4.78 is 11.8. The molecule has 0 aromatic heterocycles. The van der Waals surface area contributed by atoms with Crippen LogP contribution in [-0.2, 0) is 9.31 Å². The molecule has 1 saturated heterocycles. The van der Waals surface area contributed by atoms with Crippen LogP contribution in [0.25, 0.3) is 0 Å². The molecule has 1 aromatic rings. The van der Waals surface area contributed by atoms with Gasteiger partial charge in [0.05, 0.1) is 16.9 Å². The van der Waals surface area contributed by atoms with Crippen LogP contribution in [0.5, 0.6) is 0 Å². The van der Waals surface area contributed by atoms with E-state index in [0.29, 0.717) is 5.69 Å². The molecule has 1 heterocycles. The second-order valence-corrected chi connectivity index (χ2v) is 5.50. The third-order valence-electron chi connectivity index (χ3n) is 3.68. The molecule has 1 aliphatic heterocycles. The first kappa shape index (κ1) is 13.0.